The molecule has 3 aromatic rings. The molecule has 3 rings (SSSR count). The molecule has 2 aromatic carbocycles. The van der Waals surface area contributed by atoms with E-state index in [2.05, 4.69) is 15.6 Å². The fourth-order valence-electron chi connectivity index (χ4n) is 3.95. The van der Waals surface area contributed by atoms with Gasteiger partial charge < -0.3 is 25.2 Å². The van der Waals surface area contributed by atoms with Crippen molar-refractivity contribution >= 4 is 34.6 Å². The Balaban J connectivity index is 2.10. The average molecular weight is 717 g/mol. The minimum absolute atomic E-state index is 0.0122. The minimum atomic E-state index is -5.31. The van der Waals surface area contributed by atoms with Crippen molar-refractivity contribution in [3.05, 3.63) is 80.8 Å². The van der Waals surface area contributed by atoms with E-state index in [1.165, 1.54) is 51.3 Å². The molecule has 1 unspecified atom stereocenters. The minimum Gasteiger partial charge on any atom is -0.496 e. The summed E-state index contributed by atoms with van der Waals surface area (Å²) in [6.07, 6.45) is -6.14. The lowest BCUT2D eigenvalue weighted by molar-refractivity contribution is -0.265. The zero-order chi connectivity index (χ0) is 32.4. The second-order valence-electron chi connectivity index (χ2n) is 11.3. The number of hydrogen-bond donors (Lipinski definition) is 3. The van der Waals surface area contributed by atoms with Gasteiger partial charge in [0.05, 0.1) is 34.2 Å². The number of rotatable bonds is 8. The number of benzene rings is 2. The number of amides is 2. The summed E-state index contributed by atoms with van der Waals surface area (Å²) in [5.41, 5.74) is -6.35. The first-order valence-corrected chi connectivity index (χ1v) is 14.0. The van der Waals surface area contributed by atoms with Crippen LogP contribution >= 0.6 is 22.6 Å². The van der Waals surface area contributed by atoms with Crippen LogP contribution in [0.1, 0.15) is 56.2 Å². The Bertz CT molecular complexity index is 1490. The van der Waals surface area contributed by atoms with E-state index < -0.39 is 53.0 Å². The number of carbonyl (C=O) groups is 2. The molecule has 43 heavy (non-hydrogen) atoms. The van der Waals surface area contributed by atoms with Crippen molar-refractivity contribution in [1.29, 1.82) is 0 Å². The Kier molecular flexibility index (Phi) is 10.0. The molecule has 3 N–H and O–H groups in total. The highest BCUT2D eigenvalue weighted by molar-refractivity contribution is 14.1. The Hall–Kier alpha value is -3.46. The van der Waals surface area contributed by atoms with Gasteiger partial charge in [-0.1, -0.05) is 0 Å². The molecule has 0 saturated heterocycles. The second-order valence-corrected chi connectivity index (χ2v) is 12.4. The van der Waals surface area contributed by atoms with E-state index in [4.69, 9.17) is 9.47 Å². The van der Waals surface area contributed by atoms with Crippen LogP contribution in [-0.4, -0.2) is 47.5 Å². The van der Waals surface area contributed by atoms with Crippen molar-refractivity contribution < 1.29 is 41.7 Å². The number of halogens is 5. The first-order valence-electron chi connectivity index (χ1n) is 13.0. The molecule has 0 saturated carbocycles. The van der Waals surface area contributed by atoms with Crippen molar-refractivity contribution in [3.63, 3.8) is 0 Å². The Morgan fingerprint density at radius 3 is 2.16 bits per heavy atom. The van der Waals surface area contributed by atoms with E-state index in [1.807, 2.05) is 22.6 Å². The van der Waals surface area contributed by atoms with E-state index in [1.54, 1.807) is 26.8 Å². The Labute approximate surface area is 260 Å². The van der Waals surface area contributed by atoms with Gasteiger partial charge in [-0.05, 0) is 117 Å². The predicted octanol–water partition coefficient (Wildman–Crippen LogP) is 6.44. The zero-order valence-corrected chi connectivity index (χ0v) is 26.5. The lowest BCUT2D eigenvalue weighted by Crippen LogP contribution is -2.52. The van der Waals surface area contributed by atoms with Crippen LogP contribution in [-0.2, 0) is 15.9 Å². The monoisotopic (exact) mass is 717 g/mol. The molecule has 0 fully saturated rings. The maximum Gasteiger partial charge on any atom is 0.424 e. The molecule has 0 radical (unpaired) electrons. The summed E-state index contributed by atoms with van der Waals surface area (Å²) in [4.78, 5) is 29.5. The number of methoxy groups -OCH3 is 1. The summed E-state index contributed by atoms with van der Waals surface area (Å²) >= 11 is 1.98. The largest absolute Gasteiger partial charge is 0.496 e. The van der Waals surface area contributed by atoms with Gasteiger partial charge in [0.25, 0.3) is 5.91 Å². The van der Waals surface area contributed by atoms with Crippen LogP contribution in [0.15, 0.2) is 54.6 Å². The summed E-state index contributed by atoms with van der Waals surface area (Å²) in [6.45, 7) is 6.73. The molecule has 1 aromatic heterocycles. The first kappa shape index (κ1) is 34.0. The molecule has 0 aliphatic heterocycles. The third-order valence-electron chi connectivity index (χ3n) is 6.31. The number of pyridine rings is 1. The van der Waals surface area contributed by atoms with Gasteiger partial charge in [-0.15, -0.1) is 0 Å². The van der Waals surface area contributed by atoms with Gasteiger partial charge in [0, 0.05) is 11.1 Å². The van der Waals surface area contributed by atoms with Crippen LogP contribution in [0.3, 0.4) is 0 Å². The number of carbonyl (C=O) groups excluding carboxylic acids is 2. The van der Waals surface area contributed by atoms with Crippen LogP contribution in [0.4, 0.5) is 22.4 Å². The molecule has 232 valence electrons. The number of aliphatic hydroxyl groups is 1. The van der Waals surface area contributed by atoms with Crippen LogP contribution in [0, 0.1) is 9.39 Å². The number of alkyl halides is 3. The molecule has 1 heterocycles. The maximum atomic E-state index is 14.6. The number of hydrogen-bond acceptors (Lipinski definition) is 6. The molecule has 0 bridgehead atoms. The van der Waals surface area contributed by atoms with Crippen LogP contribution in [0.5, 0.6) is 5.75 Å². The summed E-state index contributed by atoms with van der Waals surface area (Å²) in [7, 11) is 1.39. The highest BCUT2D eigenvalue weighted by Gasteiger charge is 2.56. The van der Waals surface area contributed by atoms with Gasteiger partial charge in [0.15, 0.2) is 0 Å². The molecular weight excluding hydrogens is 685 g/mol. The number of ether oxygens (including phenoxy) is 2. The summed E-state index contributed by atoms with van der Waals surface area (Å²) in [5.74, 6) is -1.12. The van der Waals surface area contributed by atoms with Crippen LogP contribution in [0.2, 0.25) is 0 Å². The third-order valence-corrected chi connectivity index (χ3v) is 7.20. The molecule has 2 amide bonds. The fourth-order valence-corrected chi connectivity index (χ4v) is 4.51. The first-order chi connectivity index (χ1) is 19.8. The molecule has 1 atom stereocenters. The smallest absolute Gasteiger partial charge is 0.424 e. The van der Waals surface area contributed by atoms with Crippen molar-refractivity contribution in [3.8, 4) is 17.0 Å². The normalized spacial score (nSPS) is 13.6. The van der Waals surface area contributed by atoms with Crippen molar-refractivity contribution in [2.45, 2.75) is 57.5 Å². The van der Waals surface area contributed by atoms with Crippen molar-refractivity contribution in [2.24, 2.45) is 0 Å². The standard InChI is InChI=1S/C30H32F4IN3O5/c1-27(2,3)43-26(40)38-28(4,5)19-14-22(17-7-10-20(31)11-8-17)37-24(15-19)29(41,30(32,33)34)16-36-25(39)18-9-12-21(35)23(13-18)42-6/h7-15,41H,16H2,1-6H3,(H,36,39)(H,38,40). The lowest BCUT2D eigenvalue weighted by Gasteiger charge is -2.33. The number of alkyl carbamates (subject to hydrolysis) is 1. The molecule has 0 aliphatic rings. The van der Waals surface area contributed by atoms with Gasteiger partial charge in [0.2, 0.25) is 5.60 Å². The maximum absolute atomic E-state index is 14.6. The quantitative estimate of drug-likeness (QED) is 0.183. The summed E-state index contributed by atoms with van der Waals surface area (Å²) < 4.78 is 68.7. The lowest BCUT2D eigenvalue weighted by atomic mass is 9.88. The van der Waals surface area contributed by atoms with Gasteiger partial charge in [0.1, 0.15) is 17.2 Å². The Morgan fingerprint density at radius 2 is 1.60 bits per heavy atom. The molecular formula is C30H32F4IN3O5. The highest BCUT2D eigenvalue weighted by atomic mass is 127. The van der Waals surface area contributed by atoms with Crippen LogP contribution < -0.4 is 15.4 Å². The number of aromatic nitrogens is 1. The predicted molar refractivity (Wildman–Crippen MR) is 160 cm³/mol. The molecule has 8 nitrogen and oxygen atoms in total. The van der Waals surface area contributed by atoms with E-state index >= 15 is 0 Å². The van der Waals surface area contributed by atoms with Crippen molar-refractivity contribution in [1.82, 2.24) is 15.6 Å². The van der Waals surface area contributed by atoms with Crippen molar-refractivity contribution in [2.75, 3.05) is 13.7 Å². The zero-order valence-electron chi connectivity index (χ0n) is 24.3. The number of nitrogens with zero attached hydrogens (tertiary/aromatic N) is 1. The fraction of sp³-hybridized carbons (Fsp3) is 0.367. The molecule has 13 heteroatoms. The van der Waals surface area contributed by atoms with Crippen LogP contribution in [0.25, 0.3) is 11.3 Å². The topological polar surface area (TPSA) is 110 Å². The van der Waals surface area contributed by atoms with Gasteiger partial charge in [-0.2, -0.15) is 13.2 Å². The highest BCUT2D eigenvalue weighted by Crippen LogP contribution is 2.40. The van der Waals surface area contributed by atoms with Gasteiger partial charge in [-0.25, -0.2) is 14.2 Å². The molecule has 0 spiro atoms. The molecule has 0 aliphatic carbocycles. The van der Waals surface area contributed by atoms with E-state index in [0.717, 1.165) is 18.2 Å². The van der Waals surface area contributed by atoms with Gasteiger partial charge in [-0.3, -0.25) is 4.79 Å². The second kappa shape index (κ2) is 12.6. The number of nitrogens with one attached hydrogen (secondary N) is 2. The van der Waals surface area contributed by atoms with E-state index in [9.17, 15) is 32.3 Å². The average Bonchev–Trinajstić information content (AvgIpc) is 2.89. The summed E-state index contributed by atoms with van der Waals surface area (Å²) in [6, 6.07) is 11.6. The SMILES string of the molecule is COc1cc(C(=O)NCC(O)(c2cc(C(C)(C)NC(=O)OC(C)(C)C)cc(-c3ccc(F)cc3)n2)C(F)(F)F)ccc1I. The third kappa shape index (κ3) is 8.34. The Morgan fingerprint density at radius 1 is 0.977 bits per heavy atom. The van der Waals surface area contributed by atoms with E-state index in [-0.39, 0.29) is 22.4 Å². The summed E-state index contributed by atoms with van der Waals surface area (Å²) in [5, 5.41) is 16.0. The van der Waals surface area contributed by atoms with Gasteiger partial charge >= 0.3 is 12.3 Å². The van der Waals surface area contributed by atoms with E-state index in [0.29, 0.717) is 9.32 Å².